The summed E-state index contributed by atoms with van der Waals surface area (Å²) in [4.78, 5) is 38.6. The number of hydrogen-bond donors (Lipinski definition) is 1. The van der Waals surface area contributed by atoms with Gasteiger partial charge in [-0.05, 0) is 44.9 Å². The molecule has 0 saturated carbocycles. The lowest BCUT2D eigenvalue weighted by Crippen LogP contribution is -2.34. The number of nitrogens with zero attached hydrogens (tertiary/aromatic N) is 4. The molecule has 2 heterocycles. The first-order chi connectivity index (χ1) is 14.9. The first-order valence-corrected chi connectivity index (χ1v) is 11.0. The summed E-state index contributed by atoms with van der Waals surface area (Å²) in [7, 11) is 0. The number of benzene rings is 1. The molecular formula is C21H28ClN5O4. The zero-order valence-electron chi connectivity index (χ0n) is 17.9. The van der Waals surface area contributed by atoms with Crippen molar-refractivity contribution >= 4 is 29.1 Å². The number of aromatic nitrogens is 3. The van der Waals surface area contributed by atoms with Crippen molar-refractivity contribution in [1.82, 2.24) is 19.2 Å². The number of rotatable bonds is 8. The van der Waals surface area contributed by atoms with Crippen LogP contribution in [-0.4, -0.2) is 50.8 Å². The third-order valence-corrected chi connectivity index (χ3v) is 5.55. The van der Waals surface area contributed by atoms with E-state index in [2.05, 4.69) is 10.4 Å². The molecule has 0 radical (unpaired) electrons. The quantitative estimate of drug-likeness (QED) is 0.666. The van der Waals surface area contributed by atoms with Crippen LogP contribution in [0, 0.1) is 0 Å². The molecule has 1 aliphatic heterocycles. The third kappa shape index (κ3) is 5.66. The average Bonchev–Trinajstić information content (AvgIpc) is 2.90. The van der Waals surface area contributed by atoms with Crippen LogP contribution in [0.25, 0.3) is 0 Å². The summed E-state index contributed by atoms with van der Waals surface area (Å²) in [6, 6.07) is 4.77. The monoisotopic (exact) mass is 449 g/mol. The van der Waals surface area contributed by atoms with Crippen molar-refractivity contribution in [1.29, 1.82) is 0 Å². The molecule has 1 aromatic heterocycles. The Morgan fingerprint density at radius 2 is 2.00 bits per heavy atom. The predicted octanol–water partition coefficient (Wildman–Crippen LogP) is 2.31. The molecule has 0 unspecified atom stereocenters. The summed E-state index contributed by atoms with van der Waals surface area (Å²) >= 11 is 6.24. The second-order valence-corrected chi connectivity index (χ2v) is 7.77. The van der Waals surface area contributed by atoms with Crippen molar-refractivity contribution in [2.24, 2.45) is 0 Å². The fourth-order valence-electron chi connectivity index (χ4n) is 3.57. The molecule has 0 spiro atoms. The molecule has 9 nitrogen and oxygen atoms in total. The van der Waals surface area contributed by atoms with Crippen molar-refractivity contribution in [3.63, 3.8) is 0 Å². The molecule has 0 saturated heterocycles. The van der Waals surface area contributed by atoms with Gasteiger partial charge in [-0.1, -0.05) is 18.0 Å². The summed E-state index contributed by atoms with van der Waals surface area (Å²) in [5.41, 5.74) is 0.206. The van der Waals surface area contributed by atoms with Crippen LogP contribution < -0.4 is 15.7 Å². The van der Waals surface area contributed by atoms with Crippen molar-refractivity contribution in [3.05, 3.63) is 39.5 Å². The number of aryl methyl sites for hydroxylation is 1. The molecule has 0 bridgehead atoms. The number of ether oxygens (including phenoxy) is 1. The highest BCUT2D eigenvalue weighted by Gasteiger charge is 2.18. The molecule has 2 amide bonds. The van der Waals surface area contributed by atoms with Gasteiger partial charge in [0.2, 0.25) is 5.91 Å². The summed E-state index contributed by atoms with van der Waals surface area (Å²) < 4.78 is 8.38. The summed E-state index contributed by atoms with van der Waals surface area (Å²) in [6.07, 6.45) is 3.76. The zero-order valence-corrected chi connectivity index (χ0v) is 18.7. The van der Waals surface area contributed by atoms with Gasteiger partial charge in [-0.2, -0.15) is 5.10 Å². The minimum Gasteiger partial charge on any atom is -0.482 e. The zero-order chi connectivity index (χ0) is 22.4. The van der Waals surface area contributed by atoms with E-state index in [0.717, 1.165) is 31.5 Å². The maximum absolute atomic E-state index is 12.5. The molecule has 0 atom stereocenters. The molecule has 0 aliphatic carbocycles. The molecule has 10 heteroatoms. The molecule has 1 aliphatic rings. The summed E-state index contributed by atoms with van der Waals surface area (Å²) in [5.74, 6) is 0.590. The van der Waals surface area contributed by atoms with Gasteiger partial charge in [0.05, 0.1) is 5.02 Å². The lowest BCUT2D eigenvalue weighted by atomic mass is 10.2. The normalized spacial score (nSPS) is 13.3. The predicted molar refractivity (Wildman–Crippen MR) is 118 cm³/mol. The van der Waals surface area contributed by atoms with E-state index < -0.39 is 0 Å². The molecule has 1 aromatic carbocycles. The number of anilines is 1. The number of nitrogens with one attached hydrogen (secondary N) is 1. The lowest BCUT2D eigenvalue weighted by Gasteiger charge is -2.19. The minimum absolute atomic E-state index is 0.110. The Bertz CT molecular complexity index is 996. The molecule has 1 N–H and O–H groups in total. The van der Waals surface area contributed by atoms with E-state index in [1.165, 1.54) is 4.68 Å². The number of likely N-dealkylation sites (N-methyl/N-ethyl adjacent to an activating group) is 1. The highest BCUT2D eigenvalue weighted by atomic mass is 35.5. The highest BCUT2D eigenvalue weighted by Crippen LogP contribution is 2.27. The number of hydrogen-bond acceptors (Lipinski definition) is 5. The SMILES string of the molecule is CCN(CC)C(=O)COc1ccc(NC(=O)Cn2nc3n(c2=O)CCCCC3)cc1Cl. The van der Waals surface area contributed by atoms with Crippen LogP contribution in [-0.2, 0) is 29.1 Å². The largest absolute Gasteiger partial charge is 0.482 e. The number of carbonyl (C=O) groups is 2. The topological polar surface area (TPSA) is 98.5 Å². The number of carbonyl (C=O) groups excluding carboxylic acids is 2. The maximum atomic E-state index is 12.5. The van der Waals surface area contributed by atoms with Crippen LogP contribution in [0.1, 0.15) is 38.9 Å². The van der Waals surface area contributed by atoms with E-state index in [9.17, 15) is 14.4 Å². The van der Waals surface area contributed by atoms with Crippen molar-refractivity contribution in [2.75, 3.05) is 25.0 Å². The molecule has 168 valence electrons. The van der Waals surface area contributed by atoms with Gasteiger partial charge in [0.1, 0.15) is 18.1 Å². The van der Waals surface area contributed by atoms with Crippen molar-refractivity contribution in [3.8, 4) is 5.75 Å². The minimum atomic E-state index is -0.378. The molecule has 2 aromatic rings. The van der Waals surface area contributed by atoms with Crippen LogP contribution in [0.5, 0.6) is 5.75 Å². The number of amides is 2. The van der Waals surface area contributed by atoms with Crippen LogP contribution >= 0.6 is 11.6 Å². The van der Waals surface area contributed by atoms with E-state index in [4.69, 9.17) is 16.3 Å². The van der Waals surface area contributed by atoms with Crippen LogP contribution in [0.4, 0.5) is 5.69 Å². The number of halogens is 1. The Morgan fingerprint density at radius 1 is 1.23 bits per heavy atom. The smallest absolute Gasteiger partial charge is 0.346 e. The number of fused-ring (bicyclic) bond motifs is 1. The van der Waals surface area contributed by atoms with Gasteiger partial charge in [0, 0.05) is 31.7 Å². The lowest BCUT2D eigenvalue weighted by molar-refractivity contribution is -0.133. The first kappa shape index (κ1) is 22.9. The fourth-order valence-corrected chi connectivity index (χ4v) is 3.80. The summed E-state index contributed by atoms with van der Waals surface area (Å²) in [5, 5.41) is 7.31. The van der Waals surface area contributed by atoms with Crippen molar-refractivity contribution in [2.45, 2.75) is 52.6 Å². The molecule has 0 fully saturated rings. The van der Waals surface area contributed by atoms with Crippen molar-refractivity contribution < 1.29 is 14.3 Å². The van der Waals surface area contributed by atoms with E-state index in [0.29, 0.717) is 31.1 Å². The van der Waals surface area contributed by atoms with E-state index in [-0.39, 0.29) is 35.7 Å². The Labute approximate surface area is 185 Å². The van der Waals surface area contributed by atoms with E-state index in [1.54, 1.807) is 27.7 Å². The second-order valence-electron chi connectivity index (χ2n) is 7.37. The summed E-state index contributed by atoms with van der Waals surface area (Å²) in [6.45, 7) is 5.39. The van der Waals surface area contributed by atoms with E-state index in [1.807, 2.05) is 13.8 Å². The van der Waals surface area contributed by atoms with Crippen LogP contribution in [0.3, 0.4) is 0 Å². The van der Waals surface area contributed by atoms with Gasteiger partial charge >= 0.3 is 5.69 Å². The van der Waals surface area contributed by atoms with Gasteiger partial charge < -0.3 is 15.0 Å². The van der Waals surface area contributed by atoms with Gasteiger partial charge in [-0.3, -0.25) is 14.2 Å². The molecule has 3 rings (SSSR count). The third-order valence-electron chi connectivity index (χ3n) is 5.26. The Balaban J connectivity index is 1.59. The van der Waals surface area contributed by atoms with Crippen LogP contribution in [0.2, 0.25) is 5.02 Å². The van der Waals surface area contributed by atoms with Gasteiger partial charge in [-0.15, -0.1) is 0 Å². The van der Waals surface area contributed by atoms with Gasteiger partial charge in [-0.25, -0.2) is 9.48 Å². The molecular weight excluding hydrogens is 422 g/mol. The van der Waals surface area contributed by atoms with Gasteiger partial charge in [0.15, 0.2) is 6.61 Å². The fraction of sp³-hybridized carbons (Fsp3) is 0.524. The standard InChI is InChI=1S/C21H28ClN5O4/c1-3-25(4-2)20(29)14-31-17-10-9-15(12-16(17)22)23-19(28)13-27-21(30)26-11-7-5-6-8-18(26)24-27/h9-10,12H,3-8,11,13-14H2,1-2H3,(H,23,28). The average molecular weight is 450 g/mol. The first-order valence-electron chi connectivity index (χ1n) is 10.6. The molecule has 31 heavy (non-hydrogen) atoms. The highest BCUT2D eigenvalue weighted by molar-refractivity contribution is 6.32. The Hall–Kier alpha value is -2.81. The Morgan fingerprint density at radius 3 is 2.71 bits per heavy atom. The van der Waals surface area contributed by atoms with Gasteiger partial charge in [0.25, 0.3) is 5.91 Å². The van der Waals surface area contributed by atoms with E-state index >= 15 is 0 Å². The second kappa shape index (κ2) is 10.5. The Kier molecular flexibility index (Phi) is 7.73. The van der Waals surface area contributed by atoms with Crippen LogP contribution in [0.15, 0.2) is 23.0 Å². The maximum Gasteiger partial charge on any atom is 0.346 e.